The second-order valence-corrected chi connectivity index (χ2v) is 6.35. The largest absolute Gasteiger partial charge is 0.438 e. The predicted octanol–water partition coefficient (Wildman–Crippen LogP) is 1.74. The number of aliphatic hydroxyl groups is 1. The quantitative estimate of drug-likeness (QED) is 0.924. The number of ether oxygens (including phenoxy) is 1. The highest BCUT2D eigenvalue weighted by Gasteiger charge is 2.39. The number of aromatic nitrogens is 1. The molecule has 1 aliphatic rings. The molecule has 2 aromatic rings. The molecule has 0 bridgehead atoms. The Morgan fingerprint density at radius 1 is 1.42 bits per heavy atom. The number of aryl methyl sites for hydroxylation is 2. The fourth-order valence-corrected chi connectivity index (χ4v) is 3.12. The molecule has 6 heteroatoms. The van der Waals surface area contributed by atoms with E-state index in [0.29, 0.717) is 31.8 Å². The average Bonchev–Trinajstić information content (AvgIpc) is 3.00. The summed E-state index contributed by atoms with van der Waals surface area (Å²) in [6.07, 6.45) is 1.82. The van der Waals surface area contributed by atoms with Gasteiger partial charge in [0.15, 0.2) is 6.39 Å². The van der Waals surface area contributed by atoms with Crippen molar-refractivity contribution in [3.8, 4) is 0 Å². The molecule has 1 aromatic heterocycles. The van der Waals surface area contributed by atoms with Crippen molar-refractivity contribution >= 4 is 5.91 Å². The molecule has 1 amide bonds. The SMILES string of the molecule is Cc1cccc(C[C@@]2(CO)CN(C(=O)c3ocnc3C)CCO2)c1. The van der Waals surface area contributed by atoms with E-state index >= 15 is 0 Å². The number of benzene rings is 1. The molecule has 1 fully saturated rings. The molecule has 0 radical (unpaired) electrons. The number of amides is 1. The number of hydrogen-bond donors (Lipinski definition) is 1. The van der Waals surface area contributed by atoms with E-state index in [-0.39, 0.29) is 18.3 Å². The van der Waals surface area contributed by atoms with Crippen LogP contribution < -0.4 is 0 Å². The Kier molecular flexibility index (Phi) is 4.69. The van der Waals surface area contributed by atoms with Gasteiger partial charge in [0.1, 0.15) is 5.60 Å². The van der Waals surface area contributed by atoms with Crippen LogP contribution >= 0.6 is 0 Å². The van der Waals surface area contributed by atoms with Crippen LogP contribution in [0.3, 0.4) is 0 Å². The van der Waals surface area contributed by atoms with Gasteiger partial charge in [0.05, 0.1) is 25.5 Å². The first kappa shape index (κ1) is 16.7. The molecule has 3 rings (SSSR count). The van der Waals surface area contributed by atoms with E-state index in [9.17, 15) is 9.90 Å². The van der Waals surface area contributed by atoms with E-state index in [1.165, 1.54) is 6.39 Å². The highest BCUT2D eigenvalue weighted by Crippen LogP contribution is 2.25. The lowest BCUT2D eigenvalue weighted by atomic mass is 9.92. The Morgan fingerprint density at radius 3 is 2.92 bits per heavy atom. The zero-order valence-electron chi connectivity index (χ0n) is 14.0. The van der Waals surface area contributed by atoms with E-state index in [0.717, 1.165) is 11.1 Å². The van der Waals surface area contributed by atoms with E-state index in [2.05, 4.69) is 11.1 Å². The number of rotatable bonds is 4. The third-order valence-corrected chi connectivity index (χ3v) is 4.37. The van der Waals surface area contributed by atoms with Gasteiger partial charge in [-0.1, -0.05) is 29.8 Å². The maximum absolute atomic E-state index is 12.6. The number of morpholine rings is 1. The number of oxazole rings is 1. The molecular formula is C18H22N2O4. The fourth-order valence-electron chi connectivity index (χ4n) is 3.12. The normalized spacial score (nSPS) is 21.0. The Balaban J connectivity index is 1.79. The van der Waals surface area contributed by atoms with Crippen molar-refractivity contribution in [1.29, 1.82) is 0 Å². The zero-order valence-corrected chi connectivity index (χ0v) is 14.0. The molecule has 24 heavy (non-hydrogen) atoms. The molecule has 1 saturated heterocycles. The zero-order chi connectivity index (χ0) is 17.2. The van der Waals surface area contributed by atoms with Crippen molar-refractivity contribution in [2.24, 2.45) is 0 Å². The molecule has 128 valence electrons. The Bertz CT molecular complexity index is 727. The van der Waals surface area contributed by atoms with Crippen LogP contribution in [-0.2, 0) is 11.2 Å². The lowest BCUT2D eigenvalue weighted by Crippen LogP contribution is -2.56. The lowest BCUT2D eigenvalue weighted by Gasteiger charge is -2.41. The van der Waals surface area contributed by atoms with Crippen LogP contribution in [0.25, 0.3) is 0 Å². The molecule has 1 atom stereocenters. The summed E-state index contributed by atoms with van der Waals surface area (Å²) in [5.41, 5.74) is 2.01. The van der Waals surface area contributed by atoms with E-state index < -0.39 is 5.60 Å². The van der Waals surface area contributed by atoms with Crippen LogP contribution in [0.2, 0.25) is 0 Å². The Hall–Kier alpha value is -2.18. The molecule has 0 aliphatic carbocycles. The van der Waals surface area contributed by atoms with Crippen molar-refractivity contribution in [3.05, 3.63) is 53.2 Å². The standard InChI is InChI=1S/C18H22N2O4/c1-13-4-3-5-15(8-13)9-18(11-21)10-20(6-7-24-18)17(22)16-14(2)19-12-23-16/h3-5,8,12,21H,6-7,9-11H2,1-2H3/t18-/m0/s1. The second-order valence-electron chi connectivity index (χ2n) is 6.35. The summed E-state index contributed by atoms with van der Waals surface area (Å²) >= 11 is 0. The van der Waals surface area contributed by atoms with Crippen molar-refractivity contribution in [3.63, 3.8) is 0 Å². The number of aliphatic hydroxyl groups excluding tert-OH is 1. The van der Waals surface area contributed by atoms with Gasteiger partial charge in [0.25, 0.3) is 5.91 Å². The lowest BCUT2D eigenvalue weighted by molar-refractivity contribution is -0.123. The summed E-state index contributed by atoms with van der Waals surface area (Å²) in [6.45, 7) is 4.78. The van der Waals surface area contributed by atoms with Gasteiger partial charge in [-0.2, -0.15) is 0 Å². The predicted molar refractivity (Wildman–Crippen MR) is 87.8 cm³/mol. The van der Waals surface area contributed by atoms with Gasteiger partial charge < -0.3 is 19.2 Å². The highest BCUT2D eigenvalue weighted by molar-refractivity contribution is 5.92. The molecular weight excluding hydrogens is 308 g/mol. The summed E-state index contributed by atoms with van der Waals surface area (Å²) in [5.74, 6) is 0.0367. The van der Waals surface area contributed by atoms with Gasteiger partial charge >= 0.3 is 0 Å². The molecule has 0 unspecified atom stereocenters. The number of carbonyl (C=O) groups excluding carboxylic acids is 1. The minimum absolute atomic E-state index is 0.153. The van der Waals surface area contributed by atoms with Crippen molar-refractivity contribution in [2.75, 3.05) is 26.3 Å². The smallest absolute Gasteiger partial charge is 0.291 e. The number of carbonyl (C=O) groups is 1. The van der Waals surface area contributed by atoms with E-state index in [1.807, 2.05) is 25.1 Å². The van der Waals surface area contributed by atoms with Crippen LogP contribution in [0.4, 0.5) is 0 Å². The highest BCUT2D eigenvalue weighted by atomic mass is 16.5. The van der Waals surface area contributed by atoms with Crippen LogP contribution in [0, 0.1) is 13.8 Å². The third-order valence-electron chi connectivity index (χ3n) is 4.37. The van der Waals surface area contributed by atoms with Gasteiger partial charge in [-0.25, -0.2) is 4.98 Å². The van der Waals surface area contributed by atoms with Gasteiger partial charge in [-0.3, -0.25) is 4.79 Å². The van der Waals surface area contributed by atoms with Gasteiger partial charge in [-0.15, -0.1) is 0 Å². The molecule has 0 saturated carbocycles. The molecule has 6 nitrogen and oxygen atoms in total. The molecule has 2 heterocycles. The first-order chi connectivity index (χ1) is 11.5. The van der Waals surface area contributed by atoms with Crippen molar-refractivity contribution in [2.45, 2.75) is 25.9 Å². The number of hydrogen-bond acceptors (Lipinski definition) is 5. The minimum Gasteiger partial charge on any atom is -0.438 e. The summed E-state index contributed by atoms with van der Waals surface area (Å²) < 4.78 is 11.1. The minimum atomic E-state index is -0.796. The van der Waals surface area contributed by atoms with Gasteiger partial charge in [0, 0.05) is 13.0 Å². The second kappa shape index (κ2) is 6.75. The molecule has 1 aromatic carbocycles. The number of nitrogens with zero attached hydrogens (tertiary/aromatic N) is 2. The van der Waals surface area contributed by atoms with Crippen LogP contribution in [0.5, 0.6) is 0 Å². The fraction of sp³-hybridized carbons (Fsp3) is 0.444. The Morgan fingerprint density at radius 2 is 2.25 bits per heavy atom. The van der Waals surface area contributed by atoms with Gasteiger partial charge in [0.2, 0.25) is 5.76 Å². The molecule has 0 spiro atoms. The maximum atomic E-state index is 12.6. The van der Waals surface area contributed by atoms with Crippen LogP contribution in [0.15, 0.2) is 35.1 Å². The first-order valence-electron chi connectivity index (χ1n) is 8.03. The topological polar surface area (TPSA) is 75.8 Å². The van der Waals surface area contributed by atoms with Crippen molar-refractivity contribution < 1.29 is 19.1 Å². The summed E-state index contributed by atoms with van der Waals surface area (Å²) in [6, 6.07) is 8.09. The van der Waals surface area contributed by atoms with Crippen molar-refractivity contribution in [1.82, 2.24) is 9.88 Å². The van der Waals surface area contributed by atoms with Crippen LogP contribution in [-0.4, -0.2) is 52.8 Å². The maximum Gasteiger partial charge on any atom is 0.291 e. The third kappa shape index (κ3) is 3.34. The monoisotopic (exact) mass is 330 g/mol. The molecule has 1 aliphatic heterocycles. The van der Waals surface area contributed by atoms with Crippen LogP contribution in [0.1, 0.15) is 27.4 Å². The Labute approximate surface area is 141 Å². The first-order valence-corrected chi connectivity index (χ1v) is 8.03. The van der Waals surface area contributed by atoms with E-state index in [1.54, 1.807) is 11.8 Å². The molecule has 1 N–H and O–H groups in total. The summed E-state index contributed by atoms with van der Waals surface area (Å²) in [4.78, 5) is 18.3. The summed E-state index contributed by atoms with van der Waals surface area (Å²) in [7, 11) is 0. The van der Waals surface area contributed by atoms with E-state index in [4.69, 9.17) is 9.15 Å². The summed E-state index contributed by atoms with van der Waals surface area (Å²) in [5, 5.41) is 9.96. The average molecular weight is 330 g/mol. The van der Waals surface area contributed by atoms with Gasteiger partial charge in [-0.05, 0) is 19.4 Å².